The molecule has 0 aliphatic heterocycles. The van der Waals surface area contributed by atoms with Gasteiger partial charge in [0.15, 0.2) is 0 Å². The summed E-state index contributed by atoms with van der Waals surface area (Å²) in [6.07, 6.45) is 1.37. The number of hydrogen-bond acceptors (Lipinski definition) is 3. The van der Waals surface area contributed by atoms with Gasteiger partial charge in [-0.2, -0.15) is 0 Å². The Labute approximate surface area is 121 Å². The van der Waals surface area contributed by atoms with Crippen LogP contribution in [0.25, 0.3) is 0 Å². The van der Waals surface area contributed by atoms with Crippen LogP contribution in [0.1, 0.15) is 26.7 Å². The van der Waals surface area contributed by atoms with E-state index in [1.54, 1.807) is 0 Å². The van der Waals surface area contributed by atoms with Crippen LogP contribution in [0.3, 0.4) is 0 Å². The number of aliphatic hydroxyl groups is 1. The predicted molar refractivity (Wildman–Crippen MR) is 83.3 cm³/mol. The van der Waals surface area contributed by atoms with Gasteiger partial charge >= 0.3 is 6.03 Å². The molecule has 20 heavy (non-hydrogen) atoms. The van der Waals surface area contributed by atoms with Gasteiger partial charge in [0.1, 0.15) is 0 Å². The summed E-state index contributed by atoms with van der Waals surface area (Å²) in [5.41, 5.74) is 1.12. The molecule has 0 saturated heterocycles. The number of para-hydroxylation sites is 2. The SMILES string of the molecule is CCC(CC)(CO)NC(=O)Nc1ccccc1N(C)C. The van der Waals surface area contributed by atoms with E-state index in [0.29, 0.717) is 12.8 Å². The highest BCUT2D eigenvalue weighted by Gasteiger charge is 2.27. The topological polar surface area (TPSA) is 64.6 Å². The number of nitrogens with one attached hydrogen (secondary N) is 2. The van der Waals surface area contributed by atoms with E-state index in [9.17, 15) is 9.90 Å². The van der Waals surface area contributed by atoms with Crippen molar-refractivity contribution >= 4 is 17.4 Å². The van der Waals surface area contributed by atoms with E-state index < -0.39 is 5.54 Å². The van der Waals surface area contributed by atoms with Crippen molar-refractivity contribution in [2.45, 2.75) is 32.2 Å². The van der Waals surface area contributed by atoms with Crippen LogP contribution >= 0.6 is 0 Å². The highest BCUT2D eigenvalue weighted by atomic mass is 16.3. The molecular weight excluding hydrogens is 254 g/mol. The number of amides is 2. The molecule has 1 aromatic carbocycles. The maximum Gasteiger partial charge on any atom is 0.319 e. The Morgan fingerprint density at radius 1 is 1.25 bits per heavy atom. The van der Waals surface area contributed by atoms with Gasteiger partial charge in [0.2, 0.25) is 0 Å². The lowest BCUT2D eigenvalue weighted by atomic mass is 9.94. The van der Waals surface area contributed by atoms with Gasteiger partial charge in [-0.05, 0) is 25.0 Å². The van der Waals surface area contributed by atoms with E-state index in [1.165, 1.54) is 0 Å². The third kappa shape index (κ3) is 3.87. The zero-order valence-corrected chi connectivity index (χ0v) is 12.7. The maximum atomic E-state index is 12.1. The van der Waals surface area contributed by atoms with Crippen molar-refractivity contribution in [2.24, 2.45) is 0 Å². The van der Waals surface area contributed by atoms with Crippen LogP contribution in [-0.4, -0.2) is 37.4 Å². The molecule has 0 saturated carbocycles. The standard InChI is InChI=1S/C15H25N3O2/c1-5-15(6-2,11-19)17-14(20)16-12-9-7-8-10-13(12)18(3)4/h7-10,19H,5-6,11H2,1-4H3,(H2,16,17,20). The third-order valence-electron chi connectivity index (χ3n) is 3.67. The normalized spacial score (nSPS) is 11.1. The van der Waals surface area contributed by atoms with E-state index in [2.05, 4.69) is 10.6 Å². The average Bonchev–Trinajstić information content (AvgIpc) is 2.45. The number of carbonyl (C=O) groups excluding carboxylic acids is 1. The van der Waals surface area contributed by atoms with Crippen molar-refractivity contribution in [3.05, 3.63) is 24.3 Å². The summed E-state index contributed by atoms with van der Waals surface area (Å²) in [4.78, 5) is 14.1. The number of nitrogens with zero attached hydrogens (tertiary/aromatic N) is 1. The van der Waals surface area contributed by atoms with Gasteiger partial charge in [-0.15, -0.1) is 0 Å². The maximum absolute atomic E-state index is 12.1. The number of benzene rings is 1. The molecule has 0 fully saturated rings. The zero-order chi connectivity index (χ0) is 15.2. The second-order valence-electron chi connectivity index (χ2n) is 5.14. The largest absolute Gasteiger partial charge is 0.394 e. The van der Waals surface area contributed by atoms with E-state index in [-0.39, 0.29) is 12.6 Å². The van der Waals surface area contributed by atoms with E-state index in [1.807, 2.05) is 57.1 Å². The molecule has 0 heterocycles. The van der Waals surface area contributed by atoms with E-state index in [0.717, 1.165) is 11.4 Å². The van der Waals surface area contributed by atoms with Crippen molar-refractivity contribution in [3.8, 4) is 0 Å². The van der Waals surface area contributed by atoms with Crippen LogP contribution in [0, 0.1) is 0 Å². The Balaban J connectivity index is 2.81. The molecule has 0 aromatic heterocycles. The molecule has 0 aliphatic carbocycles. The summed E-state index contributed by atoms with van der Waals surface area (Å²) < 4.78 is 0. The Kier molecular flexibility index (Phi) is 5.82. The van der Waals surface area contributed by atoms with Crippen molar-refractivity contribution in [1.82, 2.24) is 5.32 Å². The van der Waals surface area contributed by atoms with Crippen LogP contribution in [0.4, 0.5) is 16.2 Å². The molecule has 0 aliphatic rings. The van der Waals surface area contributed by atoms with Crippen molar-refractivity contribution in [2.75, 3.05) is 30.9 Å². The smallest absolute Gasteiger partial charge is 0.319 e. The quantitative estimate of drug-likeness (QED) is 0.749. The minimum absolute atomic E-state index is 0.0667. The molecular formula is C15H25N3O2. The van der Waals surface area contributed by atoms with Gasteiger partial charge in [0.25, 0.3) is 0 Å². The number of aliphatic hydroxyl groups excluding tert-OH is 1. The van der Waals surface area contributed by atoms with E-state index in [4.69, 9.17) is 0 Å². The molecule has 0 bridgehead atoms. The molecule has 5 nitrogen and oxygen atoms in total. The Morgan fingerprint density at radius 2 is 1.85 bits per heavy atom. The third-order valence-corrected chi connectivity index (χ3v) is 3.67. The van der Waals surface area contributed by atoms with Gasteiger partial charge in [0.05, 0.1) is 23.5 Å². The summed E-state index contributed by atoms with van der Waals surface area (Å²) >= 11 is 0. The van der Waals surface area contributed by atoms with Gasteiger partial charge < -0.3 is 20.6 Å². The average molecular weight is 279 g/mol. The van der Waals surface area contributed by atoms with Gasteiger partial charge in [-0.1, -0.05) is 26.0 Å². The van der Waals surface area contributed by atoms with E-state index >= 15 is 0 Å². The van der Waals surface area contributed by atoms with Crippen LogP contribution in [-0.2, 0) is 0 Å². The summed E-state index contributed by atoms with van der Waals surface area (Å²) in [6.45, 7) is 3.84. The fourth-order valence-corrected chi connectivity index (χ4v) is 2.05. The fraction of sp³-hybridized carbons (Fsp3) is 0.533. The number of hydrogen-bond donors (Lipinski definition) is 3. The number of carbonyl (C=O) groups is 1. The highest BCUT2D eigenvalue weighted by molar-refractivity contribution is 5.93. The Bertz CT molecular complexity index is 434. The number of rotatable bonds is 6. The van der Waals surface area contributed by atoms with Gasteiger partial charge in [-0.25, -0.2) is 4.79 Å². The van der Waals surface area contributed by atoms with Gasteiger partial charge in [-0.3, -0.25) is 0 Å². The lowest BCUT2D eigenvalue weighted by Crippen LogP contribution is -2.52. The molecule has 0 atom stereocenters. The zero-order valence-electron chi connectivity index (χ0n) is 12.7. The minimum Gasteiger partial charge on any atom is -0.394 e. The molecule has 5 heteroatoms. The number of urea groups is 1. The van der Waals surface area contributed by atoms with Gasteiger partial charge in [0, 0.05) is 14.1 Å². The monoisotopic (exact) mass is 279 g/mol. The first-order chi connectivity index (χ1) is 9.48. The molecule has 0 spiro atoms. The molecule has 112 valence electrons. The van der Waals surface area contributed by atoms with Crippen molar-refractivity contribution in [1.29, 1.82) is 0 Å². The van der Waals surface area contributed by atoms with Crippen LogP contribution < -0.4 is 15.5 Å². The van der Waals surface area contributed by atoms with Crippen molar-refractivity contribution in [3.63, 3.8) is 0 Å². The predicted octanol–water partition coefficient (Wildman–Crippen LogP) is 2.43. The second-order valence-corrected chi connectivity index (χ2v) is 5.14. The minimum atomic E-state index is -0.558. The highest BCUT2D eigenvalue weighted by Crippen LogP contribution is 2.23. The Hall–Kier alpha value is -1.75. The number of anilines is 2. The van der Waals surface area contributed by atoms with Crippen molar-refractivity contribution < 1.29 is 9.90 Å². The Morgan fingerprint density at radius 3 is 2.35 bits per heavy atom. The summed E-state index contributed by atoms with van der Waals surface area (Å²) in [5.74, 6) is 0. The first-order valence-corrected chi connectivity index (χ1v) is 6.94. The fourth-order valence-electron chi connectivity index (χ4n) is 2.05. The molecule has 0 radical (unpaired) electrons. The molecule has 0 unspecified atom stereocenters. The summed E-state index contributed by atoms with van der Waals surface area (Å²) in [5, 5.41) is 15.2. The lowest BCUT2D eigenvalue weighted by Gasteiger charge is -2.31. The lowest BCUT2D eigenvalue weighted by molar-refractivity contribution is 0.155. The van der Waals surface area contributed by atoms with Crippen LogP contribution in [0.2, 0.25) is 0 Å². The molecule has 1 aromatic rings. The molecule has 3 N–H and O–H groups in total. The molecule has 2 amide bonds. The summed E-state index contributed by atoms with van der Waals surface area (Å²) in [6, 6.07) is 7.30. The first-order valence-electron chi connectivity index (χ1n) is 6.94. The van der Waals surface area contributed by atoms with Crippen LogP contribution in [0.15, 0.2) is 24.3 Å². The molecule has 1 rings (SSSR count). The first kappa shape index (κ1) is 16.3. The second kappa shape index (κ2) is 7.14. The van der Waals surface area contributed by atoms with Crippen LogP contribution in [0.5, 0.6) is 0 Å². The summed E-state index contributed by atoms with van der Waals surface area (Å²) in [7, 11) is 3.85.